The van der Waals surface area contributed by atoms with Crippen LogP contribution < -0.4 is 0 Å². The summed E-state index contributed by atoms with van der Waals surface area (Å²) in [7, 11) is 0. The molecule has 2 rings (SSSR count). The number of aldehydes is 1. The van der Waals surface area contributed by atoms with Crippen molar-refractivity contribution in [2.24, 2.45) is 0 Å². The first-order valence-corrected chi connectivity index (χ1v) is 6.60. The normalized spacial score (nSPS) is 11.7. The molecule has 110 valence electrons. The first-order valence-electron chi connectivity index (χ1n) is 6.60. The van der Waals surface area contributed by atoms with Crippen molar-refractivity contribution in [2.75, 3.05) is 0 Å². The average molecular weight is 292 g/mol. The lowest BCUT2D eigenvalue weighted by Gasteiger charge is -2.18. The van der Waals surface area contributed by atoms with Crippen LogP contribution >= 0.6 is 0 Å². The molecule has 0 saturated carbocycles. The standard InChI is InChI=1S/C17H15F3O/c1-11(2)13-5-3-4-6-14(13)15-8-7-12(10-21)9-16(15)17(18,19)20/h3-11H,1-2H3. The minimum Gasteiger partial charge on any atom is -0.298 e. The highest BCUT2D eigenvalue weighted by Crippen LogP contribution is 2.39. The molecule has 0 radical (unpaired) electrons. The maximum atomic E-state index is 13.3. The topological polar surface area (TPSA) is 17.1 Å². The van der Waals surface area contributed by atoms with E-state index in [1.54, 1.807) is 12.1 Å². The van der Waals surface area contributed by atoms with Crippen LogP contribution in [0.25, 0.3) is 11.1 Å². The fourth-order valence-corrected chi connectivity index (χ4v) is 2.35. The molecule has 0 amide bonds. The molecule has 2 aromatic carbocycles. The number of benzene rings is 2. The largest absolute Gasteiger partial charge is 0.417 e. The lowest BCUT2D eigenvalue weighted by Crippen LogP contribution is -2.09. The summed E-state index contributed by atoms with van der Waals surface area (Å²) >= 11 is 0. The van der Waals surface area contributed by atoms with E-state index in [1.165, 1.54) is 12.1 Å². The summed E-state index contributed by atoms with van der Waals surface area (Å²) in [6.45, 7) is 3.87. The molecule has 0 aliphatic heterocycles. The molecule has 0 aliphatic rings. The van der Waals surface area contributed by atoms with Crippen molar-refractivity contribution in [1.29, 1.82) is 0 Å². The lowest BCUT2D eigenvalue weighted by atomic mass is 9.89. The highest BCUT2D eigenvalue weighted by atomic mass is 19.4. The van der Waals surface area contributed by atoms with Crippen molar-refractivity contribution in [2.45, 2.75) is 25.9 Å². The summed E-state index contributed by atoms with van der Waals surface area (Å²) < 4.78 is 39.8. The summed E-state index contributed by atoms with van der Waals surface area (Å²) in [5.41, 5.74) is 0.754. The molecule has 0 fully saturated rings. The van der Waals surface area contributed by atoms with Crippen LogP contribution in [0.15, 0.2) is 42.5 Å². The summed E-state index contributed by atoms with van der Waals surface area (Å²) in [5, 5.41) is 0. The van der Waals surface area contributed by atoms with E-state index in [-0.39, 0.29) is 17.0 Å². The molecule has 0 N–H and O–H groups in total. The molecule has 0 aliphatic carbocycles. The second-order valence-corrected chi connectivity index (χ2v) is 5.16. The third-order valence-electron chi connectivity index (χ3n) is 3.36. The Morgan fingerprint density at radius 2 is 1.67 bits per heavy atom. The van der Waals surface area contributed by atoms with Crippen LogP contribution in [0.5, 0.6) is 0 Å². The average Bonchev–Trinajstić information content (AvgIpc) is 2.45. The van der Waals surface area contributed by atoms with E-state index in [0.717, 1.165) is 11.6 Å². The van der Waals surface area contributed by atoms with Gasteiger partial charge in [-0.1, -0.05) is 50.2 Å². The molecule has 4 heteroatoms. The Bertz CT molecular complexity index is 657. The van der Waals surface area contributed by atoms with Gasteiger partial charge in [0.2, 0.25) is 0 Å². The monoisotopic (exact) mass is 292 g/mol. The van der Waals surface area contributed by atoms with Gasteiger partial charge in [-0.25, -0.2) is 0 Å². The second kappa shape index (κ2) is 5.72. The zero-order valence-corrected chi connectivity index (χ0v) is 11.7. The van der Waals surface area contributed by atoms with E-state index < -0.39 is 11.7 Å². The number of carbonyl (C=O) groups excluding carboxylic acids is 1. The van der Waals surface area contributed by atoms with Crippen LogP contribution in [-0.4, -0.2) is 6.29 Å². The van der Waals surface area contributed by atoms with Gasteiger partial charge in [0, 0.05) is 5.56 Å². The quantitative estimate of drug-likeness (QED) is 0.701. The second-order valence-electron chi connectivity index (χ2n) is 5.16. The van der Waals surface area contributed by atoms with E-state index in [4.69, 9.17) is 0 Å². The zero-order valence-electron chi connectivity index (χ0n) is 11.7. The summed E-state index contributed by atoms with van der Waals surface area (Å²) in [6, 6.07) is 10.7. The van der Waals surface area contributed by atoms with E-state index >= 15 is 0 Å². The van der Waals surface area contributed by atoms with Crippen LogP contribution in [0, 0.1) is 0 Å². The molecule has 0 spiro atoms. The van der Waals surface area contributed by atoms with Crippen molar-refractivity contribution in [3.8, 4) is 11.1 Å². The van der Waals surface area contributed by atoms with Crippen LogP contribution in [0.4, 0.5) is 13.2 Å². The number of hydrogen-bond donors (Lipinski definition) is 0. The van der Waals surface area contributed by atoms with E-state index in [1.807, 2.05) is 26.0 Å². The fraction of sp³-hybridized carbons (Fsp3) is 0.235. The third kappa shape index (κ3) is 3.15. The van der Waals surface area contributed by atoms with Crippen molar-refractivity contribution in [1.82, 2.24) is 0 Å². The van der Waals surface area contributed by atoms with Crippen LogP contribution in [-0.2, 0) is 6.18 Å². The van der Waals surface area contributed by atoms with Gasteiger partial charge in [-0.05, 0) is 28.7 Å². The number of hydrogen-bond acceptors (Lipinski definition) is 1. The van der Waals surface area contributed by atoms with Crippen LogP contribution in [0.1, 0.15) is 41.3 Å². The van der Waals surface area contributed by atoms with Crippen LogP contribution in [0.2, 0.25) is 0 Å². The Kier molecular flexibility index (Phi) is 4.16. The zero-order chi connectivity index (χ0) is 15.6. The molecule has 0 unspecified atom stereocenters. The molecule has 0 aromatic heterocycles. The van der Waals surface area contributed by atoms with Crippen molar-refractivity contribution in [3.63, 3.8) is 0 Å². The minimum absolute atomic E-state index is 0.0214. The fourth-order valence-electron chi connectivity index (χ4n) is 2.35. The molecular formula is C17H15F3O. The summed E-state index contributed by atoms with van der Waals surface area (Å²) in [4.78, 5) is 10.7. The van der Waals surface area contributed by atoms with E-state index in [9.17, 15) is 18.0 Å². The highest BCUT2D eigenvalue weighted by molar-refractivity contribution is 5.80. The SMILES string of the molecule is CC(C)c1ccccc1-c1ccc(C=O)cc1C(F)(F)F. The first-order chi connectivity index (χ1) is 9.84. The molecule has 21 heavy (non-hydrogen) atoms. The highest BCUT2D eigenvalue weighted by Gasteiger charge is 2.34. The van der Waals surface area contributed by atoms with E-state index in [0.29, 0.717) is 11.8 Å². The Labute approximate surface area is 121 Å². The molecule has 0 saturated heterocycles. The molecule has 0 bridgehead atoms. The van der Waals surface area contributed by atoms with E-state index in [2.05, 4.69) is 0 Å². The minimum atomic E-state index is -4.50. The predicted molar refractivity (Wildman–Crippen MR) is 76.4 cm³/mol. The van der Waals surface area contributed by atoms with Crippen molar-refractivity contribution in [3.05, 3.63) is 59.2 Å². The summed E-state index contributed by atoms with van der Waals surface area (Å²) in [6.07, 6.45) is -4.08. The van der Waals surface area contributed by atoms with Gasteiger partial charge in [-0.2, -0.15) is 13.2 Å². The smallest absolute Gasteiger partial charge is 0.298 e. The van der Waals surface area contributed by atoms with Crippen molar-refractivity contribution >= 4 is 6.29 Å². The molecular weight excluding hydrogens is 277 g/mol. The molecule has 0 atom stereocenters. The van der Waals surface area contributed by atoms with Crippen molar-refractivity contribution < 1.29 is 18.0 Å². The Balaban J connectivity index is 2.73. The molecule has 0 heterocycles. The van der Waals surface area contributed by atoms with Crippen LogP contribution in [0.3, 0.4) is 0 Å². The summed E-state index contributed by atoms with van der Waals surface area (Å²) in [5.74, 6) is 0.105. The Morgan fingerprint density at radius 1 is 1.00 bits per heavy atom. The maximum Gasteiger partial charge on any atom is 0.417 e. The molecule has 2 aromatic rings. The third-order valence-corrected chi connectivity index (χ3v) is 3.36. The molecule has 1 nitrogen and oxygen atoms in total. The van der Waals surface area contributed by atoms with Gasteiger partial charge in [0.25, 0.3) is 0 Å². The van der Waals surface area contributed by atoms with Gasteiger partial charge in [0.15, 0.2) is 0 Å². The van der Waals surface area contributed by atoms with Gasteiger partial charge in [0.1, 0.15) is 6.29 Å². The number of carbonyl (C=O) groups is 1. The first kappa shape index (κ1) is 15.3. The van der Waals surface area contributed by atoms with Gasteiger partial charge in [0.05, 0.1) is 5.56 Å². The Morgan fingerprint density at radius 3 is 2.24 bits per heavy atom. The number of halogens is 3. The van der Waals surface area contributed by atoms with Gasteiger partial charge >= 0.3 is 6.18 Å². The predicted octanol–water partition coefficient (Wildman–Crippen LogP) is 5.31. The number of alkyl halides is 3. The van der Waals surface area contributed by atoms with Gasteiger partial charge < -0.3 is 0 Å². The maximum absolute atomic E-state index is 13.3. The lowest BCUT2D eigenvalue weighted by molar-refractivity contribution is -0.137. The Hall–Kier alpha value is -2.10. The van der Waals surface area contributed by atoms with Gasteiger partial charge in [-0.15, -0.1) is 0 Å². The number of rotatable bonds is 3. The van der Waals surface area contributed by atoms with Gasteiger partial charge in [-0.3, -0.25) is 4.79 Å².